The third-order valence-electron chi connectivity index (χ3n) is 4.31. The Kier molecular flexibility index (Phi) is 4.76. The van der Waals surface area contributed by atoms with Crippen LogP contribution in [0.3, 0.4) is 0 Å². The topological polar surface area (TPSA) is 58.2 Å². The molecule has 2 fully saturated rings. The summed E-state index contributed by atoms with van der Waals surface area (Å²) >= 11 is 4.86. The van der Waals surface area contributed by atoms with E-state index in [0.29, 0.717) is 27.7 Å². The summed E-state index contributed by atoms with van der Waals surface area (Å²) in [5, 5.41) is 3.05. The van der Waals surface area contributed by atoms with Crippen molar-refractivity contribution in [2.24, 2.45) is 17.8 Å². The molecule has 0 radical (unpaired) electrons. The Bertz CT molecular complexity index is 594. The monoisotopic (exact) mass is 392 g/mol. The summed E-state index contributed by atoms with van der Waals surface area (Å²) in [6.45, 7) is 1.28. The van der Waals surface area contributed by atoms with Gasteiger partial charge in [-0.1, -0.05) is 0 Å². The lowest BCUT2D eigenvalue weighted by Crippen LogP contribution is -2.31. The lowest BCUT2D eigenvalue weighted by Gasteiger charge is -2.16. The molecule has 2 aliphatic carbocycles. The summed E-state index contributed by atoms with van der Waals surface area (Å²) in [7, 11) is -1.55. The van der Waals surface area contributed by atoms with Crippen molar-refractivity contribution in [3.8, 4) is 0 Å². The predicted octanol–water partition coefficient (Wildman–Crippen LogP) is 2.94. The fourth-order valence-corrected chi connectivity index (χ4v) is 6.66. The molecule has 0 atom stereocenters. The Morgan fingerprint density at radius 1 is 1.33 bits per heavy atom. The second-order valence-corrected chi connectivity index (χ2v) is 10.3. The minimum absolute atomic E-state index is 0.378. The lowest BCUT2D eigenvalue weighted by atomic mass is 9.99. The van der Waals surface area contributed by atoms with Gasteiger partial charge in [0.2, 0.25) is 10.0 Å². The maximum atomic E-state index is 12.5. The minimum Gasteiger partial charge on any atom is -0.315 e. The number of halogens is 1. The van der Waals surface area contributed by atoms with Crippen molar-refractivity contribution in [3.63, 3.8) is 0 Å². The van der Waals surface area contributed by atoms with Gasteiger partial charge in [-0.2, -0.15) is 0 Å². The van der Waals surface area contributed by atoms with Crippen LogP contribution in [0.5, 0.6) is 0 Å². The van der Waals surface area contributed by atoms with Gasteiger partial charge in [-0.05, 0) is 72.5 Å². The summed E-state index contributed by atoms with van der Waals surface area (Å²) in [4.78, 5) is 1.40. The molecule has 2 saturated carbocycles. The van der Waals surface area contributed by atoms with Crippen molar-refractivity contribution in [2.45, 2.75) is 37.1 Å². The maximum Gasteiger partial charge on any atom is 0.242 e. The van der Waals surface area contributed by atoms with Gasteiger partial charge in [0.25, 0.3) is 0 Å². The summed E-state index contributed by atoms with van der Waals surface area (Å²) in [6.07, 6.45) is 5.10. The average Bonchev–Trinajstić information content (AvgIpc) is 3.30. The Morgan fingerprint density at radius 3 is 2.48 bits per heavy atom. The molecule has 0 unspecified atom stereocenters. The van der Waals surface area contributed by atoms with E-state index in [0.717, 1.165) is 16.7 Å². The SMILES string of the molecule is CNCc1cc(S(=O)(=O)NCC(C2CC2)C2CC2)c(Br)s1. The molecule has 1 heterocycles. The summed E-state index contributed by atoms with van der Waals surface area (Å²) in [5.74, 6) is 2.06. The Morgan fingerprint density at radius 2 is 1.95 bits per heavy atom. The number of hydrogen-bond acceptors (Lipinski definition) is 4. The number of nitrogens with one attached hydrogen (secondary N) is 2. The van der Waals surface area contributed by atoms with E-state index in [1.807, 2.05) is 7.05 Å². The zero-order chi connectivity index (χ0) is 15.0. The number of sulfonamides is 1. The van der Waals surface area contributed by atoms with Crippen LogP contribution < -0.4 is 10.0 Å². The highest BCUT2D eigenvalue weighted by atomic mass is 79.9. The van der Waals surface area contributed by atoms with E-state index in [-0.39, 0.29) is 0 Å². The van der Waals surface area contributed by atoms with Crippen LogP contribution in [0.15, 0.2) is 14.7 Å². The quantitative estimate of drug-likeness (QED) is 0.714. The van der Waals surface area contributed by atoms with Crippen molar-refractivity contribution in [2.75, 3.05) is 13.6 Å². The van der Waals surface area contributed by atoms with E-state index in [4.69, 9.17) is 0 Å². The highest BCUT2D eigenvalue weighted by Crippen LogP contribution is 2.49. The van der Waals surface area contributed by atoms with Crippen LogP contribution >= 0.6 is 27.3 Å². The van der Waals surface area contributed by atoms with Crippen molar-refractivity contribution < 1.29 is 8.42 Å². The van der Waals surface area contributed by atoms with Crippen molar-refractivity contribution >= 4 is 37.3 Å². The van der Waals surface area contributed by atoms with Crippen LogP contribution in [-0.2, 0) is 16.6 Å². The fraction of sp³-hybridized carbons (Fsp3) is 0.714. The van der Waals surface area contributed by atoms with Gasteiger partial charge in [-0.3, -0.25) is 0 Å². The van der Waals surface area contributed by atoms with Gasteiger partial charge in [0, 0.05) is 18.0 Å². The molecule has 1 aromatic heterocycles. The molecule has 4 nitrogen and oxygen atoms in total. The second-order valence-electron chi connectivity index (χ2n) is 6.07. The third-order valence-corrected chi connectivity index (χ3v) is 7.99. The van der Waals surface area contributed by atoms with E-state index < -0.39 is 10.0 Å². The first-order valence-corrected chi connectivity index (χ1v) is 10.5. The molecule has 0 aromatic carbocycles. The standard InChI is InChI=1S/C14H21BrN2O2S2/c1-16-7-11-6-13(14(15)20-11)21(18,19)17-8-12(9-2-3-9)10-4-5-10/h6,9-10,12,16-17H,2-5,7-8H2,1H3. The molecule has 1 aromatic rings. The zero-order valence-corrected chi connectivity index (χ0v) is 15.3. The summed E-state index contributed by atoms with van der Waals surface area (Å²) in [6, 6.07) is 1.76. The van der Waals surface area contributed by atoms with Crippen LogP contribution in [0.2, 0.25) is 0 Å². The van der Waals surface area contributed by atoms with Crippen molar-refractivity contribution in [1.29, 1.82) is 0 Å². The van der Waals surface area contributed by atoms with E-state index >= 15 is 0 Å². The average molecular weight is 393 g/mol. The first-order valence-electron chi connectivity index (χ1n) is 7.43. The maximum absolute atomic E-state index is 12.5. The largest absolute Gasteiger partial charge is 0.315 e. The van der Waals surface area contributed by atoms with Crippen LogP contribution in [0.4, 0.5) is 0 Å². The van der Waals surface area contributed by atoms with E-state index in [1.54, 1.807) is 6.07 Å². The number of thiophene rings is 1. The molecule has 0 saturated heterocycles. The summed E-state index contributed by atoms with van der Waals surface area (Å²) < 4.78 is 28.5. The first kappa shape index (κ1) is 15.9. The van der Waals surface area contributed by atoms with Crippen LogP contribution in [0.1, 0.15) is 30.6 Å². The van der Waals surface area contributed by atoms with Crippen LogP contribution in [-0.4, -0.2) is 22.0 Å². The molecule has 21 heavy (non-hydrogen) atoms. The molecule has 118 valence electrons. The van der Waals surface area contributed by atoms with E-state index in [1.165, 1.54) is 37.0 Å². The number of hydrogen-bond donors (Lipinski definition) is 2. The normalized spacial score (nSPS) is 19.4. The second kappa shape index (κ2) is 6.28. The zero-order valence-electron chi connectivity index (χ0n) is 12.1. The highest BCUT2D eigenvalue weighted by Gasteiger charge is 2.41. The molecule has 2 N–H and O–H groups in total. The first-order chi connectivity index (χ1) is 10.0. The molecular formula is C14H21BrN2O2S2. The molecule has 0 aliphatic heterocycles. The Hall–Kier alpha value is 0.0500. The smallest absolute Gasteiger partial charge is 0.242 e. The molecule has 0 amide bonds. The van der Waals surface area contributed by atoms with Crippen molar-refractivity contribution in [3.05, 3.63) is 14.7 Å². The number of rotatable bonds is 8. The van der Waals surface area contributed by atoms with Gasteiger partial charge in [0.15, 0.2) is 0 Å². The molecule has 7 heteroatoms. The highest BCUT2D eigenvalue weighted by molar-refractivity contribution is 9.11. The van der Waals surface area contributed by atoms with E-state index in [9.17, 15) is 8.42 Å². The fourth-order valence-electron chi connectivity index (χ4n) is 2.89. The van der Waals surface area contributed by atoms with Gasteiger partial charge in [0.1, 0.15) is 4.90 Å². The Balaban J connectivity index is 1.68. The van der Waals surface area contributed by atoms with Crippen molar-refractivity contribution in [1.82, 2.24) is 10.0 Å². The lowest BCUT2D eigenvalue weighted by molar-refractivity contribution is 0.401. The van der Waals surface area contributed by atoms with Gasteiger partial charge in [-0.25, -0.2) is 13.1 Å². The molecule has 0 spiro atoms. The molecular weight excluding hydrogens is 372 g/mol. The molecule has 2 aliphatic rings. The molecule has 0 bridgehead atoms. The minimum atomic E-state index is -3.41. The van der Waals surface area contributed by atoms with Gasteiger partial charge < -0.3 is 5.32 Å². The summed E-state index contributed by atoms with van der Waals surface area (Å²) in [5.41, 5.74) is 0. The van der Waals surface area contributed by atoms with Crippen LogP contribution in [0, 0.1) is 17.8 Å². The van der Waals surface area contributed by atoms with Gasteiger partial charge in [-0.15, -0.1) is 11.3 Å². The molecule has 3 rings (SSSR count). The predicted molar refractivity (Wildman–Crippen MR) is 88.9 cm³/mol. The van der Waals surface area contributed by atoms with Gasteiger partial charge in [0.05, 0.1) is 3.79 Å². The van der Waals surface area contributed by atoms with Gasteiger partial charge >= 0.3 is 0 Å². The Labute approximate surface area is 138 Å². The third kappa shape index (κ3) is 3.88. The van der Waals surface area contributed by atoms with Crippen LogP contribution in [0.25, 0.3) is 0 Å². The van der Waals surface area contributed by atoms with E-state index in [2.05, 4.69) is 26.0 Å².